The summed E-state index contributed by atoms with van der Waals surface area (Å²) in [6.07, 6.45) is 0.0609. The molecule has 6 rings (SSSR count). The van der Waals surface area contributed by atoms with Crippen LogP contribution in [0.4, 0.5) is 16.6 Å². The molecule has 0 bridgehead atoms. The zero-order valence-electron chi connectivity index (χ0n) is 25.7. The average Bonchev–Trinajstić information content (AvgIpc) is 3.62. The Hall–Kier alpha value is -4.75. The van der Waals surface area contributed by atoms with E-state index in [1.807, 2.05) is 41.3 Å². The van der Waals surface area contributed by atoms with Gasteiger partial charge in [-0.15, -0.1) is 0 Å². The summed E-state index contributed by atoms with van der Waals surface area (Å²) in [5, 5.41) is 40.0. The summed E-state index contributed by atoms with van der Waals surface area (Å²) in [6.45, 7) is 3.36. The van der Waals surface area contributed by atoms with Crippen molar-refractivity contribution in [1.29, 1.82) is 0 Å². The first-order chi connectivity index (χ1) is 22.3. The van der Waals surface area contributed by atoms with Gasteiger partial charge in [-0.05, 0) is 30.4 Å². The smallest absolute Gasteiger partial charge is 0.404 e. The van der Waals surface area contributed by atoms with Crippen LogP contribution in [0.3, 0.4) is 0 Å². The number of aliphatic hydroxyl groups excluding tert-OH is 2. The lowest BCUT2D eigenvalue weighted by atomic mass is 9.91. The number of carboxylic acid groups (broad SMARTS) is 1. The lowest BCUT2D eigenvalue weighted by molar-refractivity contribution is -0.122. The number of carbonyl (C=O) groups excluding carboxylic acids is 1. The number of amides is 2. The van der Waals surface area contributed by atoms with E-state index in [1.54, 1.807) is 17.8 Å². The van der Waals surface area contributed by atoms with E-state index in [0.29, 0.717) is 61.8 Å². The van der Waals surface area contributed by atoms with Gasteiger partial charge >= 0.3 is 6.09 Å². The molecule has 0 spiro atoms. The Balaban J connectivity index is 1.34. The summed E-state index contributed by atoms with van der Waals surface area (Å²) in [5.74, 6) is 0.817. The number of carbonyl (C=O) groups is 2. The van der Waals surface area contributed by atoms with E-state index in [9.17, 15) is 24.9 Å². The summed E-state index contributed by atoms with van der Waals surface area (Å²) in [6, 6.07) is 19.1. The van der Waals surface area contributed by atoms with E-state index in [-0.39, 0.29) is 24.3 Å². The van der Waals surface area contributed by atoms with Crippen molar-refractivity contribution in [3.05, 3.63) is 78.1 Å². The molecular weight excluding hydrogens is 588 g/mol. The van der Waals surface area contributed by atoms with Crippen molar-refractivity contribution >= 4 is 34.9 Å². The standard InChI is InChI=1S/C33H40N8O5/c1-2-26(42)37-24-17-25(29(44)28(24)43)41-19-35-27-30(34-18-23(20-9-5-3-6-10-20)21-11-7-4-8-12-21)38-32(39-31(27)41)40-15-13-22(14-16-40)36-33(45)46/h3-12,19,22-25,28-29,36,43-44H,2,13-18H2,1H3,(H,37,42)(H,45,46)(H,34,38,39)/t24-,25+,28+,29-/m0/s1. The van der Waals surface area contributed by atoms with Gasteiger partial charge < -0.3 is 40.7 Å². The summed E-state index contributed by atoms with van der Waals surface area (Å²) < 4.78 is 1.77. The van der Waals surface area contributed by atoms with Crippen LogP contribution in [0.5, 0.6) is 0 Å². The number of piperidine rings is 1. The fourth-order valence-electron chi connectivity index (χ4n) is 6.54. The van der Waals surface area contributed by atoms with Gasteiger partial charge in [0.1, 0.15) is 12.2 Å². The van der Waals surface area contributed by atoms with E-state index < -0.39 is 30.4 Å². The number of nitrogens with zero attached hydrogens (tertiary/aromatic N) is 5. The van der Waals surface area contributed by atoms with E-state index >= 15 is 0 Å². The first-order valence-electron chi connectivity index (χ1n) is 15.8. The Morgan fingerprint density at radius 3 is 2.20 bits per heavy atom. The third-order valence-corrected chi connectivity index (χ3v) is 9.07. The molecule has 4 aromatic rings. The molecule has 1 aliphatic heterocycles. The molecule has 0 unspecified atom stereocenters. The molecule has 1 aliphatic carbocycles. The number of hydrogen-bond donors (Lipinski definition) is 6. The van der Waals surface area contributed by atoms with Gasteiger partial charge in [0.15, 0.2) is 17.0 Å². The Kier molecular flexibility index (Phi) is 9.31. The van der Waals surface area contributed by atoms with Crippen LogP contribution in [0.15, 0.2) is 67.0 Å². The Morgan fingerprint density at radius 2 is 1.59 bits per heavy atom. The first-order valence-corrected chi connectivity index (χ1v) is 15.8. The Bertz CT molecular complexity index is 1600. The highest BCUT2D eigenvalue weighted by atomic mass is 16.4. The lowest BCUT2D eigenvalue weighted by Gasteiger charge is -2.32. The van der Waals surface area contributed by atoms with E-state index in [1.165, 1.54) is 0 Å². The van der Waals surface area contributed by atoms with Gasteiger partial charge in [0.2, 0.25) is 11.9 Å². The second-order valence-corrected chi connectivity index (χ2v) is 12.0. The fraction of sp³-hybridized carbons (Fsp3) is 0.424. The van der Waals surface area contributed by atoms with Crippen molar-refractivity contribution in [2.24, 2.45) is 0 Å². The maximum atomic E-state index is 12.1. The van der Waals surface area contributed by atoms with Crippen molar-refractivity contribution in [3.8, 4) is 0 Å². The van der Waals surface area contributed by atoms with Gasteiger partial charge in [0.05, 0.1) is 18.4 Å². The summed E-state index contributed by atoms with van der Waals surface area (Å²) >= 11 is 0. The monoisotopic (exact) mass is 628 g/mol. The number of rotatable bonds is 10. The SMILES string of the molecule is CCC(=O)N[C@H]1C[C@@H](n2cnc3c(NCC(c4ccccc4)c4ccccc4)nc(N4CCC(NC(=O)O)CC4)nc32)[C@H](O)[C@@H]1O. The quantitative estimate of drug-likeness (QED) is 0.153. The molecule has 13 heteroatoms. The van der Waals surface area contributed by atoms with Crippen LogP contribution in [0.2, 0.25) is 0 Å². The summed E-state index contributed by atoms with van der Waals surface area (Å²) in [7, 11) is 0. The normalized spacial score (nSPS) is 21.9. The molecule has 46 heavy (non-hydrogen) atoms. The van der Waals surface area contributed by atoms with Gasteiger partial charge in [0, 0.05) is 38.0 Å². The average molecular weight is 629 g/mol. The number of imidazole rings is 1. The van der Waals surface area contributed by atoms with Crippen molar-refractivity contribution < 1.29 is 24.9 Å². The molecule has 2 amide bonds. The lowest BCUT2D eigenvalue weighted by Crippen LogP contribution is -2.44. The fourth-order valence-corrected chi connectivity index (χ4v) is 6.54. The van der Waals surface area contributed by atoms with Gasteiger partial charge in [0.25, 0.3) is 0 Å². The van der Waals surface area contributed by atoms with E-state index in [4.69, 9.17) is 9.97 Å². The highest BCUT2D eigenvalue weighted by molar-refractivity contribution is 5.84. The van der Waals surface area contributed by atoms with E-state index in [2.05, 4.69) is 45.2 Å². The van der Waals surface area contributed by atoms with Crippen LogP contribution in [0, 0.1) is 0 Å². The number of hydrogen-bond acceptors (Lipinski definition) is 9. The minimum absolute atomic E-state index is 0.0190. The second-order valence-electron chi connectivity index (χ2n) is 12.0. The largest absolute Gasteiger partial charge is 0.465 e. The highest BCUT2D eigenvalue weighted by Gasteiger charge is 2.44. The van der Waals surface area contributed by atoms with Gasteiger partial charge in [-0.3, -0.25) is 4.79 Å². The zero-order valence-corrected chi connectivity index (χ0v) is 25.7. The molecule has 1 saturated heterocycles. The predicted octanol–water partition coefficient (Wildman–Crippen LogP) is 2.87. The van der Waals surface area contributed by atoms with Crippen LogP contribution in [-0.2, 0) is 4.79 Å². The minimum atomic E-state index is -1.15. The molecule has 0 radical (unpaired) electrons. The van der Waals surface area contributed by atoms with Crippen LogP contribution in [0.25, 0.3) is 11.2 Å². The number of anilines is 2. The zero-order chi connectivity index (χ0) is 32.2. The van der Waals surface area contributed by atoms with Crippen molar-refractivity contribution in [2.75, 3.05) is 29.9 Å². The third-order valence-electron chi connectivity index (χ3n) is 9.07. The summed E-state index contributed by atoms with van der Waals surface area (Å²) in [4.78, 5) is 39.9. The topological polar surface area (TPSA) is 178 Å². The van der Waals surface area contributed by atoms with E-state index in [0.717, 1.165) is 11.1 Å². The molecule has 2 aliphatic rings. The molecule has 13 nitrogen and oxygen atoms in total. The number of nitrogens with one attached hydrogen (secondary N) is 3. The van der Waals surface area contributed by atoms with Gasteiger partial charge in [-0.25, -0.2) is 9.78 Å². The van der Waals surface area contributed by atoms with Gasteiger partial charge in [-0.2, -0.15) is 9.97 Å². The Morgan fingerprint density at radius 1 is 0.935 bits per heavy atom. The minimum Gasteiger partial charge on any atom is -0.465 e. The molecule has 2 aromatic carbocycles. The molecule has 2 fully saturated rings. The third kappa shape index (κ3) is 6.60. The number of aliphatic hydroxyl groups is 2. The highest BCUT2D eigenvalue weighted by Crippen LogP contribution is 2.35. The first kappa shape index (κ1) is 31.2. The number of benzene rings is 2. The molecule has 242 valence electrons. The maximum Gasteiger partial charge on any atom is 0.404 e. The predicted molar refractivity (Wildman–Crippen MR) is 173 cm³/mol. The molecule has 2 aromatic heterocycles. The van der Waals surface area contributed by atoms with Crippen LogP contribution in [0.1, 0.15) is 55.7 Å². The van der Waals surface area contributed by atoms with Gasteiger partial charge in [-0.1, -0.05) is 67.6 Å². The van der Waals surface area contributed by atoms with Crippen molar-refractivity contribution in [3.63, 3.8) is 0 Å². The van der Waals surface area contributed by atoms with Crippen LogP contribution < -0.4 is 20.9 Å². The maximum absolute atomic E-state index is 12.1. The number of fused-ring (bicyclic) bond motifs is 1. The Labute approximate surface area is 266 Å². The molecule has 1 saturated carbocycles. The molecule has 6 N–H and O–H groups in total. The van der Waals surface area contributed by atoms with Crippen LogP contribution >= 0.6 is 0 Å². The number of aromatic nitrogens is 4. The molecule has 4 atom stereocenters. The van der Waals surface area contributed by atoms with Crippen LogP contribution in [-0.4, -0.2) is 90.8 Å². The second kappa shape index (κ2) is 13.7. The summed E-state index contributed by atoms with van der Waals surface area (Å²) in [5.41, 5.74) is 3.31. The van der Waals surface area contributed by atoms with Crippen molar-refractivity contribution in [2.45, 2.75) is 68.9 Å². The van der Waals surface area contributed by atoms with Crippen molar-refractivity contribution in [1.82, 2.24) is 30.2 Å². The molecular formula is C33H40N8O5. The molecule has 3 heterocycles.